The van der Waals surface area contributed by atoms with E-state index < -0.39 is 0 Å². The molecule has 1 N–H and O–H groups in total. The molecule has 1 amide bonds. The molecule has 1 aliphatic rings. The standard InChI is InChI=1S/C20H24ClN5O/c1-25(2)19-17(14-22-20(24-19)26-12-4-3-5-13-26)23-18(27)11-8-15-6-9-16(21)10-7-15/h6-11,14H,3-5,12-13H2,1-2H3,(H,23,27)/b11-8+. The van der Waals surface area contributed by atoms with E-state index in [1.807, 2.05) is 31.1 Å². The van der Waals surface area contributed by atoms with Crippen LogP contribution in [0.15, 0.2) is 36.5 Å². The van der Waals surface area contributed by atoms with Crippen molar-refractivity contribution in [3.05, 3.63) is 47.1 Å². The second-order valence-electron chi connectivity index (χ2n) is 6.72. The van der Waals surface area contributed by atoms with Gasteiger partial charge in [0.1, 0.15) is 5.69 Å². The summed E-state index contributed by atoms with van der Waals surface area (Å²) < 4.78 is 0. The Morgan fingerprint density at radius 3 is 2.56 bits per heavy atom. The van der Waals surface area contributed by atoms with Gasteiger partial charge in [-0.3, -0.25) is 4.79 Å². The summed E-state index contributed by atoms with van der Waals surface area (Å²) >= 11 is 5.87. The first-order valence-corrected chi connectivity index (χ1v) is 9.44. The van der Waals surface area contributed by atoms with Crippen LogP contribution in [-0.2, 0) is 4.79 Å². The molecule has 0 radical (unpaired) electrons. The van der Waals surface area contributed by atoms with Gasteiger partial charge in [-0.1, -0.05) is 23.7 Å². The van der Waals surface area contributed by atoms with Gasteiger partial charge >= 0.3 is 0 Å². The highest BCUT2D eigenvalue weighted by Crippen LogP contribution is 2.25. The summed E-state index contributed by atoms with van der Waals surface area (Å²) in [5.41, 5.74) is 1.49. The van der Waals surface area contributed by atoms with Crippen LogP contribution in [0.25, 0.3) is 6.08 Å². The number of nitrogens with zero attached hydrogens (tertiary/aromatic N) is 4. The van der Waals surface area contributed by atoms with Gasteiger partial charge in [-0.05, 0) is 43.0 Å². The van der Waals surface area contributed by atoms with Crippen molar-refractivity contribution in [1.82, 2.24) is 9.97 Å². The maximum atomic E-state index is 12.3. The summed E-state index contributed by atoms with van der Waals surface area (Å²) in [7, 11) is 3.81. The van der Waals surface area contributed by atoms with Crippen LogP contribution >= 0.6 is 11.6 Å². The number of rotatable bonds is 5. The number of amides is 1. The third-order valence-electron chi connectivity index (χ3n) is 4.37. The Bertz CT molecular complexity index is 814. The smallest absolute Gasteiger partial charge is 0.248 e. The van der Waals surface area contributed by atoms with Crippen molar-refractivity contribution in [2.45, 2.75) is 19.3 Å². The number of hydrogen-bond donors (Lipinski definition) is 1. The zero-order chi connectivity index (χ0) is 19.2. The van der Waals surface area contributed by atoms with Gasteiger partial charge in [0, 0.05) is 38.3 Å². The third-order valence-corrected chi connectivity index (χ3v) is 4.63. The lowest BCUT2D eigenvalue weighted by molar-refractivity contribution is -0.111. The lowest BCUT2D eigenvalue weighted by Crippen LogP contribution is -2.31. The number of nitrogens with one attached hydrogen (secondary N) is 1. The average Bonchev–Trinajstić information content (AvgIpc) is 2.68. The monoisotopic (exact) mass is 385 g/mol. The second kappa shape index (κ2) is 8.86. The predicted octanol–water partition coefficient (Wildman–Crippen LogP) is 3.84. The van der Waals surface area contributed by atoms with E-state index in [2.05, 4.69) is 20.2 Å². The van der Waals surface area contributed by atoms with Crippen molar-refractivity contribution in [3.8, 4) is 0 Å². The molecule has 0 spiro atoms. The maximum Gasteiger partial charge on any atom is 0.248 e. The van der Waals surface area contributed by atoms with Crippen LogP contribution in [0.3, 0.4) is 0 Å². The predicted molar refractivity (Wildman–Crippen MR) is 112 cm³/mol. The molecule has 3 rings (SSSR count). The van der Waals surface area contributed by atoms with Crippen molar-refractivity contribution in [3.63, 3.8) is 0 Å². The minimum absolute atomic E-state index is 0.234. The Morgan fingerprint density at radius 1 is 1.19 bits per heavy atom. The number of carbonyl (C=O) groups excluding carboxylic acids is 1. The highest BCUT2D eigenvalue weighted by atomic mass is 35.5. The zero-order valence-electron chi connectivity index (χ0n) is 15.7. The lowest BCUT2D eigenvalue weighted by Gasteiger charge is -2.27. The second-order valence-corrected chi connectivity index (χ2v) is 7.16. The zero-order valence-corrected chi connectivity index (χ0v) is 16.4. The van der Waals surface area contributed by atoms with Crippen LogP contribution < -0.4 is 15.1 Å². The topological polar surface area (TPSA) is 61.4 Å². The van der Waals surface area contributed by atoms with E-state index in [9.17, 15) is 4.79 Å². The van der Waals surface area contributed by atoms with E-state index in [0.717, 1.165) is 31.5 Å². The Morgan fingerprint density at radius 2 is 1.89 bits per heavy atom. The number of carbonyl (C=O) groups is 1. The van der Waals surface area contributed by atoms with Crippen molar-refractivity contribution < 1.29 is 4.79 Å². The molecule has 142 valence electrons. The highest BCUT2D eigenvalue weighted by Gasteiger charge is 2.17. The van der Waals surface area contributed by atoms with Crippen LogP contribution in [0.1, 0.15) is 24.8 Å². The van der Waals surface area contributed by atoms with Crippen LogP contribution in [-0.4, -0.2) is 43.1 Å². The maximum absolute atomic E-state index is 12.3. The minimum Gasteiger partial charge on any atom is -0.361 e. The first kappa shape index (κ1) is 19.2. The number of anilines is 3. The third kappa shape index (κ3) is 5.20. The summed E-state index contributed by atoms with van der Waals surface area (Å²) in [6, 6.07) is 7.29. The van der Waals surface area contributed by atoms with Crippen molar-refractivity contribution in [2.24, 2.45) is 0 Å². The summed E-state index contributed by atoms with van der Waals surface area (Å²) in [4.78, 5) is 25.5. The van der Waals surface area contributed by atoms with E-state index in [-0.39, 0.29) is 5.91 Å². The van der Waals surface area contributed by atoms with Gasteiger partial charge in [-0.15, -0.1) is 0 Å². The molecule has 0 saturated carbocycles. The molecule has 1 saturated heterocycles. The van der Waals surface area contributed by atoms with Gasteiger partial charge in [0.25, 0.3) is 0 Å². The number of piperidine rings is 1. The molecule has 1 aromatic carbocycles. The Kier molecular flexibility index (Phi) is 6.29. The quantitative estimate of drug-likeness (QED) is 0.792. The van der Waals surface area contributed by atoms with Gasteiger partial charge in [0.05, 0.1) is 6.20 Å². The summed E-state index contributed by atoms with van der Waals surface area (Å²) in [6.45, 7) is 1.95. The van der Waals surface area contributed by atoms with E-state index in [4.69, 9.17) is 11.6 Å². The molecule has 6 nitrogen and oxygen atoms in total. The molecule has 0 unspecified atom stereocenters. The molecule has 2 aromatic rings. The number of benzene rings is 1. The Hall–Kier alpha value is -2.60. The lowest BCUT2D eigenvalue weighted by atomic mass is 10.1. The summed E-state index contributed by atoms with van der Waals surface area (Å²) in [5, 5.41) is 3.53. The molecule has 0 aliphatic carbocycles. The van der Waals surface area contributed by atoms with Gasteiger partial charge in [-0.2, -0.15) is 4.98 Å². The van der Waals surface area contributed by atoms with Crippen LogP contribution in [0.5, 0.6) is 0 Å². The average molecular weight is 386 g/mol. The van der Waals surface area contributed by atoms with Crippen molar-refractivity contribution in [1.29, 1.82) is 0 Å². The molecule has 1 fully saturated rings. The molecule has 0 bridgehead atoms. The van der Waals surface area contributed by atoms with E-state index in [1.165, 1.54) is 12.5 Å². The Balaban J connectivity index is 1.72. The fourth-order valence-electron chi connectivity index (χ4n) is 2.96. The van der Waals surface area contributed by atoms with E-state index >= 15 is 0 Å². The van der Waals surface area contributed by atoms with E-state index in [1.54, 1.807) is 24.4 Å². The fourth-order valence-corrected chi connectivity index (χ4v) is 3.09. The van der Waals surface area contributed by atoms with Crippen molar-refractivity contribution >= 4 is 41.0 Å². The van der Waals surface area contributed by atoms with E-state index in [0.29, 0.717) is 22.5 Å². The SMILES string of the molecule is CN(C)c1nc(N2CCCCC2)ncc1NC(=O)/C=C/c1ccc(Cl)cc1. The molecule has 7 heteroatoms. The van der Waals surface area contributed by atoms with Crippen LogP contribution in [0.4, 0.5) is 17.5 Å². The first-order valence-electron chi connectivity index (χ1n) is 9.07. The highest BCUT2D eigenvalue weighted by molar-refractivity contribution is 6.30. The molecule has 27 heavy (non-hydrogen) atoms. The molecular formula is C20H24ClN5O. The van der Waals surface area contributed by atoms with Gasteiger partial charge in [-0.25, -0.2) is 4.98 Å². The molecule has 1 aliphatic heterocycles. The summed E-state index contributed by atoms with van der Waals surface area (Å²) in [5.74, 6) is 1.18. The van der Waals surface area contributed by atoms with Gasteiger partial charge < -0.3 is 15.1 Å². The van der Waals surface area contributed by atoms with Gasteiger partial charge in [0.2, 0.25) is 11.9 Å². The first-order chi connectivity index (χ1) is 13.0. The molecule has 0 atom stereocenters. The normalized spacial score (nSPS) is 14.4. The number of hydrogen-bond acceptors (Lipinski definition) is 5. The van der Waals surface area contributed by atoms with Crippen LogP contribution in [0.2, 0.25) is 5.02 Å². The molecule has 2 heterocycles. The number of halogens is 1. The minimum atomic E-state index is -0.234. The van der Waals surface area contributed by atoms with Crippen molar-refractivity contribution in [2.75, 3.05) is 42.3 Å². The fraction of sp³-hybridized carbons (Fsp3) is 0.350. The van der Waals surface area contributed by atoms with Crippen LogP contribution in [0, 0.1) is 0 Å². The molecule has 1 aromatic heterocycles. The summed E-state index contributed by atoms with van der Waals surface area (Å²) in [6.07, 6.45) is 8.49. The van der Waals surface area contributed by atoms with Gasteiger partial charge in [0.15, 0.2) is 5.82 Å². The number of aromatic nitrogens is 2. The Labute approximate surface area is 164 Å². The largest absolute Gasteiger partial charge is 0.361 e. The molecular weight excluding hydrogens is 362 g/mol.